The number of guanidine groups is 1. The van der Waals surface area contributed by atoms with Crippen LogP contribution in [0.3, 0.4) is 0 Å². The molecule has 0 spiro atoms. The fraction of sp³-hybridized carbons (Fsp3) is 0.786. The van der Waals surface area contributed by atoms with E-state index in [1.54, 1.807) is 18.1 Å². The molecule has 0 bridgehead atoms. The van der Waals surface area contributed by atoms with Gasteiger partial charge < -0.3 is 15.7 Å². The third-order valence-electron chi connectivity index (χ3n) is 4.10. The molecule has 0 aromatic carbocycles. The summed E-state index contributed by atoms with van der Waals surface area (Å²) in [6, 6.07) is 0.291. The number of rotatable bonds is 4. The molecule has 7 nitrogen and oxygen atoms in total. The monoisotopic (exact) mass is 324 g/mol. The molecule has 3 N–H and O–H groups in total. The highest BCUT2D eigenvalue weighted by Gasteiger charge is 2.31. The zero-order chi connectivity index (χ0) is 15.4. The predicted octanol–water partition coefficient (Wildman–Crippen LogP) is 0.0160. The lowest BCUT2D eigenvalue weighted by Gasteiger charge is -2.26. The number of aliphatic hydroxyl groups is 1. The van der Waals surface area contributed by atoms with Gasteiger partial charge in [-0.1, -0.05) is 0 Å². The number of aliphatic imine (C=N–C) groups is 1. The number of nitrogens with one attached hydrogen (secondary N) is 2. The Morgan fingerprint density at radius 3 is 3.32 bits per heavy atom. The van der Waals surface area contributed by atoms with E-state index in [-0.39, 0.29) is 0 Å². The summed E-state index contributed by atoms with van der Waals surface area (Å²) in [5.41, 5.74) is -0.640. The summed E-state index contributed by atoms with van der Waals surface area (Å²) in [4.78, 5) is 8.84. The second kappa shape index (κ2) is 6.87. The summed E-state index contributed by atoms with van der Waals surface area (Å²) < 4.78 is 1.95. The molecule has 122 valence electrons. The Morgan fingerprint density at radius 2 is 2.55 bits per heavy atom. The molecule has 2 unspecified atom stereocenters. The zero-order valence-corrected chi connectivity index (χ0v) is 13.8. The topological polar surface area (TPSA) is 87.4 Å². The van der Waals surface area contributed by atoms with Crippen molar-refractivity contribution < 1.29 is 5.11 Å². The maximum atomic E-state index is 10.4. The molecule has 2 aliphatic heterocycles. The quantitative estimate of drug-likeness (QED) is 0.534. The smallest absolute Gasteiger partial charge is 0.191 e. The lowest BCUT2D eigenvalue weighted by atomic mass is 10.0. The molecule has 0 saturated carbocycles. The van der Waals surface area contributed by atoms with E-state index >= 15 is 0 Å². The highest BCUT2D eigenvalue weighted by molar-refractivity contribution is 7.99. The van der Waals surface area contributed by atoms with Crippen LogP contribution in [0.2, 0.25) is 0 Å². The molecular weight excluding hydrogens is 300 g/mol. The van der Waals surface area contributed by atoms with Crippen molar-refractivity contribution in [2.75, 3.05) is 24.6 Å². The molecule has 1 saturated heterocycles. The Labute approximate surface area is 135 Å². The minimum atomic E-state index is -0.640. The molecule has 0 radical (unpaired) electrons. The van der Waals surface area contributed by atoms with E-state index < -0.39 is 5.60 Å². The molecule has 1 aromatic heterocycles. The minimum absolute atomic E-state index is 0.291. The average Bonchev–Trinajstić information content (AvgIpc) is 3.14. The van der Waals surface area contributed by atoms with E-state index in [4.69, 9.17) is 0 Å². The van der Waals surface area contributed by atoms with Gasteiger partial charge in [0.1, 0.15) is 12.2 Å². The van der Waals surface area contributed by atoms with Crippen LogP contribution in [-0.4, -0.2) is 62.1 Å². The number of aryl methyl sites for hydroxylation is 1. The fourth-order valence-corrected chi connectivity index (χ4v) is 4.10. The van der Waals surface area contributed by atoms with Gasteiger partial charge in [-0.2, -0.15) is 16.9 Å². The summed E-state index contributed by atoms with van der Waals surface area (Å²) in [7, 11) is 0. The number of hydrogen-bond donors (Lipinski definition) is 3. The number of hydrogen-bond acceptors (Lipinski definition) is 5. The van der Waals surface area contributed by atoms with Gasteiger partial charge in [0.15, 0.2) is 5.96 Å². The normalized spacial score (nSPS) is 28.5. The Hall–Kier alpha value is -1.28. The van der Waals surface area contributed by atoms with Crippen LogP contribution in [0.15, 0.2) is 11.3 Å². The number of nitrogens with zero attached hydrogens (tertiary/aromatic N) is 4. The maximum Gasteiger partial charge on any atom is 0.191 e. The van der Waals surface area contributed by atoms with Gasteiger partial charge in [0, 0.05) is 24.8 Å². The average molecular weight is 324 g/mol. The molecule has 0 amide bonds. The fourth-order valence-electron chi connectivity index (χ4n) is 2.82. The largest absolute Gasteiger partial charge is 0.387 e. The van der Waals surface area contributed by atoms with Gasteiger partial charge >= 0.3 is 0 Å². The van der Waals surface area contributed by atoms with E-state index in [0.717, 1.165) is 55.6 Å². The van der Waals surface area contributed by atoms with Gasteiger partial charge in [-0.05, 0) is 25.5 Å². The molecule has 3 heterocycles. The summed E-state index contributed by atoms with van der Waals surface area (Å²) in [6.45, 7) is 4.12. The van der Waals surface area contributed by atoms with Crippen molar-refractivity contribution in [2.45, 2.75) is 44.4 Å². The summed E-state index contributed by atoms with van der Waals surface area (Å²) >= 11 is 1.80. The van der Waals surface area contributed by atoms with Gasteiger partial charge in [0.25, 0.3) is 0 Å². The van der Waals surface area contributed by atoms with Crippen molar-refractivity contribution in [3.8, 4) is 0 Å². The van der Waals surface area contributed by atoms with Crippen LogP contribution >= 0.6 is 11.8 Å². The first-order valence-electron chi connectivity index (χ1n) is 7.90. The van der Waals surface area contributed by atoms with Crippen LogP contribution in [0.4, 0.5) is 0 Å². The predicted molar refractivity (Wildman–Crippen MR) is 88.1 cm³/mol. The van der Waals surface area contributed by atoms with Crippen molar-refractivity contribution in [1.82, 2.24) is 25.4 Å². The first-order chi connectivity index (χ1) is 10.7. The molecule has 2 atom stereocenters. The van der Waals surface area contributed by atoms with Crippen LogP contribution in [0.25, 0.3) is 0 Å². The highest BCUT2D eigenvalue weighted by atomic mass is 32.2. The van der Waals surface area contributed by atoms with Crippen LogP contribution < -0.4 is 10.6 Å². The lowest BCUT2D eigenvalue weighted by molar-refractivity contribution is 0.0778. The van der Waals surface area contributed by atoms with E-state index in [0.29, 0.717) is 12.6 Å². The van der Waals surface area contributed by atoms with Crippen molar-refractivity contribution in [3.05, 3.63) is 12.2 Å². The van der Waals surface area contributed by atoms with E-state index in [1.165, 1.54) is 0 Å². The summed E-state index contributed by atoms with van der Waals surface area (Å²) in [6.07, 6.45) is 4.39. The number of thioether (sulfide) groups is 1. The third-order valence-corrected chi connectivity index (χ3v) is 5.34. The van der Waals surface area contributed by atoms with Gasteiger partial charge in [-0.3, -0.25) is 4.99 Å². The molecule has 22 heavy (non-hydrogen) atoms. The molecule has 0 aliphatic carbocycles. The molecule has 3 rings (SSSR count). The van der Waals surface area contributed by atoms with E-state index in [2.05, 4.69) is 25.7 Å². The van der Waals surface area contributed by atoms with Crippen molar-refractivity contribution in [2.24, 2.45) is 4.99 Å². The van der Waals surface area contributed by atoms with E-state index in [9.17, 15) is 5.11 Å². The second-order valence-electron chi connectivity index (χ2n) is 5.96. The van der Waals surface area contributed by atoms with Crippen LogP contribution in [0.5, 0.6) is 0 Å². The Balaban J connectivity index is 1.59. The summed E-state index contributed by atoms with van der Waals surface area (Å²) in [5, 5.41) is 21.4. The molecule has 2 aliphatic rings. The van der Waals surface area contributed by atoms with Crippen LogP contribution in [0.1, 0.15) is 25.6 Å². The van der Waals surface area contributed by atoms with E-state index in [1.807, 2.05) is 11.6 Å². The van der Waals surface area contributed by atoms with Crippen molar-refractivity contribution >= 4 is 17.7 Å². The Kier molecular flexibility index (Phi) is 4.87. The standard InChI is InChI=1S/C14H24N6OS/c1-2-15-13(16-8-14(21)5-6-22-9-14)19-11-3-4-12-17-10-18-20(12)7-11/h10-11,21H,2-9H2,1H3,(H2,15,16,19). The molecule has 8 heteroatoms. The van der Waals surface area contributed by atoms with Crippen molar-refractivity contribution in [1.29, 1.82) is 0 Å². The summed E-state index contributed by atoms with van der Waals surface area (Å²) in [5.74, 6) is 3.63. The van der Waals surface area contributed by atoms with Crippen molar-refractivity contribution in [3.63, 3.8) is 0 Å². The van der Waals surface area contributed by atoms with Crippen LogP contribution in [0, 0.1) is 0 Å². The number of fused-ring (bicyclic) bond motifs is 1. The second-order valence-corrected chi connectivity index (χ2v) is 7.07. The third kappa shape index (κ3) is 3.73. The first kappa shape index (κ1) is 15.6. The van der Waals surface area contributed by atoms with Gasteiger partial charge in [0.05, 0.1) is 18.7 Å². The van der Waals surface area contributed by atoms with Gasteiger partial charge in [-0.15, -0.1) is 0 Å². The zero-order valence-electron chi connectivity index (χ0n) is 13.0. The molecule has 1 aromatic rings. The first-order valence-corrected chi connectivity index (χ1v) is 9.06. The molecule has 1 fully saturated rings. The lowest BCUT2D eigenvalue weighted by Crippen LogP contribution is -2.48. The maximum absolute atomic E-state index is 10.4. The highest BCUT2D eigenvalue weighted by Crippen LogP contribution is 2.27. The minimum Gasteiger partial charge on any atom is -0.387 e. The van der Waals surface area contributed by atoms with Gasteiger partial charge in [-0.25, -0.2) is 9.67 Å². The molecular formula is C14H24N6OS. The van der Waals surface area contributed by atoms with Gasteiger partial charge in [0.2, 0.25) is 0 Å². The Morgan fingerprint density at radius 1 is 1.64 bits per heavy atom. The SMILES string of the molecule is CCNC(=NCC1(O)CCSC1)NC1CCc2ncnn2C1. The number of aromatic nitrogens is 3. The Bertz CT molecular complexity index is 525. The van der Waals surface area contributed by atoms with Crippen LogP contribution in [-0.2, 0) is 13.0 Å².